The lowest BCUT2D eigenvalue weighted by Gasteiger charge is -2.22. The molecule has 68 valence electrons. The van der Waals surface area contributed by atoms with Crippen LogP contribution in [0, 0.1) is 17.8 Å². The van der Waals surface area contributed by atoms with Crippen molar-refractivity contribution in [3.05, 3.63) is 0 Å². The summed E-state index contributed by atoms with van der Waals surface area (Å²) in [7, 11) is 0. The Morgan fingerprint density at radius 1 is 1.42 bits per heavy atom. The normalized spacial score (nSPS) is 44.2. The van der Waals surface area contributed by atoms with Crippen LogP contribution < -0.4 is 0 Å². The third-order valence-corrected chi connectivity index (χ3v) is 3.51. The predicted octanol–water partition coefficient (Wildman–Crippen LogP) is 1.98. The molecule has 2 heteroatoms. The standard InChI is InChI=1S/C10H16O2/c1-6-4-5-7-8(6)9(11)12-10(7,2)3/h6-8H,4-5H2,1-3H3/t6-,7+,8-/m1/s1. The van der Waals surface area contributed by atoms with Gasteiger partial charge in [0.2, 0.25) is 0 Å². The van der Waals surface area contributed by atoms with E-state index in [-0.39, 0.29) is 17.5 Å². The highest BCUT2D eigenvalue weighted by atomic mass is 16.6. The Bertz CT molecular complexity index is 220. The molecule has 0 radical (unpaired) electrons. The van der Waals surface area contributed by atoms with Crippen molar-refractivity contribution >= 4 is 5.97 Å². The van der Waals surface area contributed by atoms with E-state index >= 15 is 0 Å². The average molecular weight is 168 g/mol. The first kappa shape index (κ1) is 8.09. The number of esters is 1. The molecule has 1 saturated heterocycles. The minimum atomic E-state index is -0.202. The van der Waals surface area contributed by atoms with E-state index in [1.54, 1.807) is 0 Å². The zero-order chi connectivity index (χ0) is 8.93. The third-order valence-electron chi connectivity index (χ3n) is 3.51. The van der Waals surface area contributed by atoms with Crippen LogP contribution in [0.1, 0.15) is 33.6 Å². The van der Waals surface area contributed by atoms with Crippen molar-refractivity contribution in [1.82, 2.24) is 0 Å². The molecule has 0 unspecified atom stereocenters. The number of ether oxygens (including phenoxy) is 1. The van der Waals surface area contributed by atoms with Crippen molar-refractivity contribution in [2.45, 2.75) is 39.2 Å². The van der Waals surface area contributed by atoms with Gasteiger partial charge in [-0.3, -0.25) is 4.79 Å². The van der Waals surface area contributed by atoms with Crippen LogP contribution in [0.2, 0.25) is 0 Å². The van der Waals surface area contributed by atoms with Crippen molar-refractivity contribution in [3.8, 4) is 0 Å². The molecule has 2 nitrogen and oxygen atoms in total. The van der Waals surface area contributed by atoms with Gasteiger partial charge in [-0.05, 0) is 32.6 Å². The number of carbonyl (C=O) groups excluding carboxylic acids is 1. The molecule has 0 amide bonds. The Morgan fingerprint density at radius 2 is 2.08 bits per heavy atom. The van der Waals surface area contributed by atoms with Crippen LogP contribution in [-0.2, 0) is 9.53 Å². The average Bonchev–Trinajstić information content (AvgIpc) is 2.38. The molecule has 12 heavy (non-hydrogen) atoms. The highest BCUT2D eigenvalue weighted by Crippen LogP contribution is 2.49. The van der Waals surface area contributed by atoms with E-state index in [1.807, 2.05) is 13.8 Å². The molecule has 2 rings (SSSR count). The predicted molar refractivity (Wildman–Crippen MR) is 45.5 cm³/mol. The van der Waals surface area contributed by atoms with Crippen molar-refractivity contribution in [2.75, 3.05) is 0 Å². The van der Waals surface area contributed by atoms with Crippen molar-refractivity contribution < 1.29 is 9.53 Å². The molecule has 1 aliphatic heterocycles. The fourth-order valence-electron chi connectivity index (χ4n) is 2.78. The van der Waals surface area contributed by atoms with Gasteiger partial charge in [0, 0.05) is 5.92 Å². The Balaban J connectivity index is 2.29. The molecule has 0 aromatic carbocycles. The summed E-state index contributed by atoms with van der Waals surface area (Å²) in [5, 5.41) is 0. The van der Waals surface area contributed by atoms with Crippen LogP contribution in [-0.4, -0.2) is 11.6 Å². The van der Waals surface area contributed by atoms with Crippen molar-refractivity contribution in [3.63, 3.8) is 0 Å². The monoisotopic (exact) mass is 168 g/mol. The number of carbonyl (C=O) groups is 1. The van der Waals surface area contributed by atoms with Gasteiger partial charge in [0.15, 0.2) is 0 Å². The fraction of sp³-hybridized carbons (Fsp3) is 0.900. The molecule has 0 N–H and O–H groups in total. The smallest absolute Gasteiger partial charge is 0.310 e. The van der Waals surface area contributed by atoms with E-state index in [2.05, 4.69) is 6.92 Å². The highest BCUT2D eigenvalue weighted by Gasteiger charge is 2.54. The van der Waals surface area contributed by atoms with Crippen LogP contribution in [0.4, 0.5) is 0 Å². The quantitative estimate of drug-likeness (QED) is 0.517. The molecule has 1 aliphatic carbocycles. The van der Waals surface area contributed by atoms with Crippen LogP contribution in [0.25, 0.3) is 0 Å². The molecule has 2 fully saturated rings. The Kier molecular flexibility index (Phi) is 1.51. The van der Waals surface area contributed by atoms with Crippen LogP contribution in [0.3, 0.4) is 0 Å². The summed E-state index contributed by atoms with van der Waals surface area (Å²) in [5.74, 6) is 1.24. The Morgan fingerprint density at radius 3 is 2.67 bits per heavy atom. The first-order valence-electron chi connectivity index (χ1n) is 4.75. The Labute approximate surface area is 73.3 Å². The number of cyclic esters (lactones) is 1. The lowest BCUT2D eigenvalue weighted by Crippen LogP contribution is -2.27. The second-order valence-corrected chi connectivity index (χ2v) is 4.71. The third kappa shape index (κ3) is 0.900. The second-order valence-electron chi connectivity index (χ2n) is 4.71. The maximum atomic E-state index is 11.5. The summed E-state index contributed by atoms with van der Waals surface area (Å²) in [6.07, 6.45) is 2.35. The second kappa shape index (κ2) is 2.24. The topological polar surface area (TPSA) is 26.3 Å². The molecule has 0 bridgehead atoms. The summed E-state index contributed by atoms with van der Waals surface area (Å²) in [4.78, 5) is 11.5. The van der Waals surface area contributed by atoms with Crippen LogP contribution in [0.15, 0.2) is 0 Å². The first-order chi connectivity index (χ1) is 5.52. The summed E-state index contributed by atoms with van der Waals surface area (Å²) in [6.45, 7) is 6.23. The van der Waals surface area contributed by atoms with E-state index in [0.717, 1.165) is 6.42 Å². The van der Waals surface area contributed by atoms with Crippen LogP contribution >= 0.6 is 0 Å². The molecule has 0 aromatic rings. The number of rotatable bonds is 0. The molecular formula is C10H16O2. The maximum absolute atomic E-state index is 11.5. The summed E-state index contributed by atoms with van der Waals surface area (Å²) in [5.41, 5.74) is -0.202. The summed E-state index contributed by atoms with van der Waals surface area (Å²) in [6, 6.07) is 0. The minimum absolute atomic E-state index is 0.0370. The van der Waals surface area contributed by atoms with E-state index in [9.17, 15) is 4.79 Å². The zero-order valence-electron chi connectivity index (χ0n) is 7.96. The maximum Gasteiger partial charge on any atom is 0.310 e. The molecule has 2 aliphatic rings. The van der Waals surface area contributed by atoms with E-state index in [4.69, 9.17) is 4.74 Å². The van der Waals surface area contributed by atoms with Crippen molar-refractivity contribution in [2.24, 2.45) is 17.8 Å². The van der Waals surface area contributed by atoms with E-state index < -0.39 is 0 Å². The molecule has 1 saturated carbocycles. The largest absolute Gasteiger partial charge is 0.459 e. The molecular weight excluding hydrogens is 152 g/mol. The van der Waals surface area contributed by atoms with Gasteiger partial charge in [-0.1, -0.05) is 6.92 Å². The number of hydrogen-bond donors (Lipinski definition) is 0. The van der Waals surface area contributed by atoms with E-state index in [1.165, 1.54) is 6.42 Å². The molecule has 1 heterocycles. The number of hydrogen-bond acceptors (Lipinski definition) is 2. The molecule has 0 aromatic heterocycles. The van der Waals surface area contributed by atoms with Gasteiger partial charge in [-0.2, -0.15) is 0 Å². The summed E-state index contributed by atoms with van der Waals surface area (Å²) < 4.78 is 5.35. The van der Waals surface area contributed by atoms with Crippen molar-refractivity contribution in [1.29, 1.82) is 0 Å². The lowest BCUT2D eigenvalue weighted by molar-refractivity contribution is -0.150. The highest BCUT2D eigenvalue weighted by molar-refractivity contribution is 5.76. The lowest BCUT2D eigenvalue weighted by atomic mass is 9.83. The Hall–Kier alpha value is -0.530. The molecule has 0 spiro atoms. The van der Waals surface area contributed by atoms with Gasteiger partial charge in [-0.15, -0.1) is 0 Å². The fourth-order valence-corrected chi connectivity index (χ4v) is 2.78. The van der Waals surface area contributed by atoms with Crippen LogP contribution in [0.5, 0.6) is 0 Å². The van der Waals surface area contributed by atoms with Gasteiger partial charge in [0.1, 0.15) is 5.60 Å². The van der Waals surface area contributed by atoms with E-state index in [0.29, 0.717) is 11.8 Å². The van der Waals surface area contributed by atoms with Gasteiger partial charge in [-0.25, -0.2) is 0 Å². The van der Waals surface area contributed by atoms with Gasteiger partial charge in [0.25, 0.3) is 0 Å². The zero-order valence-corrected chi connectivity index (χ0v) is 7.96. The first-order valence-corrected chi connectivity index (χ1v) is 4.75. The SMILES string of the molecule is C[C@@H]1CC[C@H]2[C@@H]1C(=O)OC2(C)C. The van der Waals surface area contributed by atoms with Gasteiger partial charge < -0.3 is 4.74 Å². The van der Waals surface area contributed by atoms with Gasteiger partial charge in [0.05, 0.1) is 5.92 Å². The minimum Gasteiger partial charge on any atom is -0.459 e. The number of fused-ring (bicyclic) bond motifs is 1. The molecule has 3 atom stereocenters. The van der Waals surface area contributed by atoms with Gasteiger partial charge >= 0.3 is 5.97 Å². The summed E-state index contributed by atoms with van der Waals surface area (Å²) >= 11 is 0.